The largest absolute Gasteiger partial charge is 0.459 e. The Hall–Kier alpha value is -3.42. The summed E-state index contributed by atoms with van der Waals surface area (Å²) in [6.07, 6.45) is 5.96. The van der Waals surface area contributed by atoms with Gasteiger partial charge in [-0.2, -0.15) is 4.98 Å². The highest BCUT2D eigenvalue weighted by Crippen LogP contribution is 2.34. The van der Waals surface area contributed by atoms with Crippen LogP contribution in [0.4, 0.5) is 5.69 Å². The maximum Gasteiger partial charge on any atom is 0.287 e. The highest BCUT2D eigenvalue weighted by molar-refractivity contribution is 6.00. The summed E-state index contributed by atoms with van der Waals surface area (Å²) in [5.41, 5.74) is 1.34. The molecule has 2 aromatic heterocycles. The fourth-order valence-corrected chi connectivity index (χ4v) is 3.42. The Labute approximate surface area is 167 Å². The number of nitrogens with zero attached hydrogens (tertiary/aromatic N) is 2. The van der Waals surface area contributed by atoms with Crippen LogP contribution in [0.2, 0.25) is 0 Å². The fourth-order valence-electron chi connectivity index (χ4n) is 3.42. The number of rotatable bonds is 6. The van der Waals surface area contributed by atoms with E-state index >= 15 is 0 Å². The van der Waals surface area contributed by atoms with Crippen molar-refractivity contribution in [3.63, 3.8) is 0 Å². The van der Waals surface area contributed by atoms with E-state index < -0.39 is 11.9 Å². The zero-order valence-electron chi connectivity index (χ0n) is 16.1. The maximum absolute atomic E-state index is 12.4. The molecule has 150 valence electrons. The van der Waals surface area contributed by atoms with Gasteiger partial charge in [-0.25, -0.2) is 0 Å². The Morgan fingerprint density at radius 3 is 2.76 bits per heavy atom. The van der Waals surface area contributed by atoms with Gasteiger partial charge in [-0.15, -0.1) is 0 Å². The summed E-state index contributed by atoms with van der Waals surface area (Å²) in [6.45, 7) is 1.60. The Kier molecular flexibility index (Phi) is 5.41. The Balaban J connectivity index is 1.40. The fraction of sp³-hybridized carbons (Fsp3) is 0.333. The number of benzene rings is 1. The lowest BCUT2D eigenvalue weighted by Crippen LogP contribution is -2.41. The van der Waals surface area contributed by atoms with Crippen LogP contribution >= 0.6 is 0 Å². The summed E-state index contributed by atoms with van der Waals surface area (Å²) >= 11 is 0. The van der Waals surface area contributed by atoms with Crippen LogP contribution in [0, 0.1) is 0 Å². The van der Waals surface area contributed by atoms with Gasteiger partial charge >= 0.3 is 0 Å². The van der Waals surface area contributed by atoms with Gasteiger partial charge in [0.25, 0.3) is 5.91 Å². The van der Waals surface area contributed by atoms with Crippen LogP contribution in [0.1, 0.15) is 55.0 Å². The van der Waals surface area contributed by atoms with Gasteiger partial charge in [-0.05, 0) is 44.0 Å². The summed E-state index contributed by atoms with van der Waals surface area (Å²) in [7, 11) is 0. The minimum atomic E-state index is -0.740. The van der Waals surface area contributed by atoms with Crippen molar-refractivity contribution in [2.24, 2.45) is 0 Å². The number of nitrogens with one attached hydrogen (secondary N) is 2. The third kappa shape index (κ3) is 4.37. The van der Waals surface area contributed by atoms with E-state index in [0.29, 0.717) is 23.3 Å². The van der Waals surface area contributed by atoms with Crippen molar-refractivity contribution in [3.05, 3.63) is 54.3 Å². The molecule has 0 bridgehead atoms. The minimum absolute atomic E-state index is 0.154. The second-order valence-electron chi connectivity index (χ2n) is 7.18. The molecule has 8 heteroatoms. The van der Waals surface area contributed by atoms with Crippen LogP contribution in [-0.2, 0) is 4.79 Å². The topological polar surface area (TPSA) is 110 Å². The standard InChI is InChI=1S/C21H22N4O4/c1-13(22-20(27)17-10-5-11-28-17)19(26)23-16-9-4-8-15(12-16)18-24-21(29-25-18)14-6-2-3-7-14/h4-5,8-14H,2-3,6-7H2,1H3,(H,22,27)(H,23,26)/t13-/m1/s1. The number of anilines is 1. The molecule has 1 aliphatic rings. The van der Waals surface area contributed by atoms with Crippen molar-refractivity contribution in [2.45, 2.75) is 44.6 Å². The molecule has 3 aromatic rings. The molecular formula is C21H22N4O4. The molecule has 0 aliphatic heterocycles. The molecule has 8 nitrogen and oxygen atoms in total. The van der Waals surface area contributed by atoms with E-state index in [0.717, 1.165) is 18.4 Å². The van der Waals surface area contributed by atoms with Crippen LogP contribution in [0.3, 0.4) is 0 Å². The molecule has 1 saturated carbocycles. The van der Waals surface area contributed by atoms with E-state index in [1.807, 2.05) is 12.1 Å². The number of hydrogen-bond donors (Lipinski definition) is 2. The highest BCUT2D eigenvalue weighted by atomic mass is 16.5. The van der Waals surface area contributed by atoms with Crippen molar-refractivity contribution < 1.29 is 18.5 Å². The maximum atomic E-state index is 12.4. The van der Waals surface area contributed by atoms with Crippen molar-refractivity contribution >= 4 is 17.5 Å². The van der Waals surface area contributed by atoms with E-state index in [4.69, 9.17) is 8.94 Å². The molecule has 1 aromatic carbocycles. The SMILES string of the molecule is C[C@@H](NC(=O)c1ccco1)C(=O)Nc1cccc(-c2noc(C3CCCC3)n2)c1. The van der Waals surface area contributed by atoms with E-state index in [-0.39, 0.29) is 11.7 Å². The first-order valence-electron chi connectivity index (χ1n) is 9.69. The lowest BCUT2D eigenvalue weighted by Gasteiger charge is -2.13. The average molecular weight is 394 g/mol. The molecule has 4 rings (SSSR count). The van der Waals surface area contributed by atoms with Gasteiger partial charge in [0.15, 0.2) is 5.76 Å². The molecule has 2 amide bonds. The van der Waals surface area contributed by atoms with E-state index in [1.165, 1.54) is 25.2 Å². The molecule has 2 heterocycles. The summed E-state index contributed by atoms with van der Waals surface area (Å²) < 4.78 is 10.5. The van der Waals surface area contributed by atoms with Gasteiger partial charge in [-0.1, -0.05) is 30.1 Å². The van der Waals surface area contributed by atoms with Gasteiger partial charge in [0.05, 0.1) is 6.26 Å². The number of aromatic nitrogens is 2. The monoisotopic (exact) mass is 394 g/mol. The second-order valence-corrected chi connectivity index (χ2v) is 7.18. The summed E-state index contributed by atoms with van der Waals surface area (Å²) in [6, 6.07) is 9.62. The lowest BCUT2D eigenvalue weighted by molar-refractivity contribution is -0.117. The third-order valence-corrected chi connectivity index (χ3v) is 5.02. The van der Waals surface area contributed by atoms with Crippen LogP contribution in [0.25, 0.3) is 11.4 Å². The number of carbonyl (C=O) groups excluding carboxylic acids is 2. The normalized spacial score (nSPS) is 15.2. The van der Waals surface area contributed by atoms with E-state index in [2.05, 4.69) is 20.8 Å². The van der Waals surface area contributed by atoms with Gasteiger partial charge in [0.1, 0.15) is 6.04 Å². The Morgan fingerprint density at radius 1 is 1.17 bits per heavy atom. The number of carbonyl (C=O) groups is 2. The van der Waals surface area contributed by atoms with Crippen LogP contribution in [0.15, 0.2) is 51.6 Å². The molecule has 0 saturated heterocycles. The van der Waals surface area contributed by atoms with Crippen molar-refractivity contribution in [1.82, 2.24) is 15.5 Å². The Bertz CT molecular complexity index is 990. The average Bonchev–Trinajstić information content (AvgIpc) is 3.50. The van der Waals surface area contributed by atoms with Crippen LogP contribution in [-0.4, -0.2) is 28.0 Å². The van der Waals surface area contributed by atoms with E-state index in [9.17, 15) is 9.59 Å². The zero-order chi connectivity index (χ0) is 20.2. The van der Waals surface area contributed by atoms with Crippen molar-refractivity contribution in [3.8, 4) is 11.4 Å². The molecule has 0 spiro atoms. The highest BCUT2D eigenvalue weighted by Gasteiger charge is 2.23. The lowest BCUT2D eigenvalue weighted by atomic mass is 10.1. The molecule has 1 fully saturated rings. The third-order valence-electron chi connectivity index (χ3n) is 5.02. The molecule has 2 N–H and O–H groups in total. The zero-order valence-corrected chi connectivity index (χ0v) is 16.1. The molecular weight excluding hydrogens is 372 g/mol. The first kappa shape index (κ1) is 18.9. The summed E-state index contributed by atoms with van der Waals surface area (Å²) in [5.74, 6) is 0.891. The molecule has 1 aliphatic carbocycles. The predicted octanol–water partition coefficient (Wildman–Crippen LogP) is 3.74. The van der Waals surface area contributed by atoms with Crippen molar-refractivity contribution in [1.29, 1.82) is 0 Å². The molecule has 0 radical (unpaired) electrons. The van der Waals surface area contributed by atoms with Gasteiger partial charge in [0, 0.05) is 17.2 Å². The minimum Gasteiger partial charge on any atom is -0.459 e. The van der Waals surface area contributed by atoms with E-state index in [1.54, 1.807) is 25.1 Å². The quantitative estimate of drug-likeness (QED) is 0.659. The molecule has 1 atom stereocenters. The smallest absolute Gasteiger partial charge is 0.287 e. The first-order chi connectivity index (χ1) is 14.1. The molecule has 0 unspecified atom stereocenters. The van der Waals surface area contributed by atoms with Crippen LogP contribution in [0.5, 0.6) is 0 Å². The second kappa shape index (κ2) is 8.30. The number of furan rings is 1. The predicted molar refractivity (Wildman–Crippen MR) is 105 cm³/mol. The van der Waals surface area contributed by atoms with Gasteiger partial charge in [0.2, 0.25) is 17.6 Å². The van der Waals surface area contributed by atoms with Crippen LogP contribution < -0.4 is 10.6 Å². The number of hydrogen-bond acceptors (Lipinski definition) is 6. The van der Waals surface area contributed by atoms with Gasteiger partial charge < -0.3 is 19.6 Å². The molecule has 29 heavy (non-hydrogen) atoms. The summed E-state index contributed by atoms with van der Waals surface area (Å²) in [4.78, 5) is 29.0. The number of amides is 2. The Morgan fingerprint density at radius 2 is 2.00 bits per heavy atom. The summed E-state index contributed by atoms with van der Waals surface area (Å²) in [5, 5.41) is 9.48. The first-order valence-corrected chi connectivity index (χ1v) is 9.69. The van der Waals surface area contributed by atoms with Crippen molar-refractivity contribution in [2.75, 3.05) is 5.32 Å². The van der Waals surface area contributed by atoms with Gasteiger partial charge in [-0.3, -0.25) is 9.59 Å².